The maximum atomic E-state index is 4.38. The molecule has 2 saturated carbocycles. The van der Waals surface area contributed by atoms with E-state index in [1.807, 2.05) is 18.2 Å². The zero-order valence-corrected chi connectivity index (χ0v) is 12.7. The Labute approximate surface area is 126 Å². The van der Waals surface area contributed by atoms with Gasteiger partial charge < -0.3 is 5.32 Å². The number of hydrogen-bond acceptors (Lipinski definition) is 3. The van der Waals surface area contributed by atoms with Crippen molar-refractivity contribution in [1.29, 1.82) is 0 Å². The summed E-state index contributed by atoms with van der Waals surface area (Å²) in [4.78, 5) is 0. The normalized spacial score (nSPS) is 27.9. The molecule has 2 aliphatic rings. The van der Waals surface area contributed by atoms with Gasteiger partial charge in [-0.05, 0) is 56.6 Å². The summed E-state index contributed by atoms with van der Waals surface area (Å²) in [6.45, 7) is 2.21. The molecule has 21 heavy (non-hydrogen) atoms. The van der Waals surface area contributed by atoms with Crippen LogP contribution in [0, 0.1) is 11.8 Å². The number of pyridine rings is 1. The Morgan fingerprint density at radius 3 is 2.90 bits per heavy atom. The van der Waals surface area contributed by atoms with E-state index in [1.165, 1.54) is 38.5 Å². The van der Waals surface area contributed by atoms with Crippen molar-refractivity contribution >= 4 is 5.65 Å². The maximum absolute atomic E-state index is 4.38. The molecule has 112 valence electrons. The minimum absolute atomic E-state index is 0.255. The monoisotopic (exact) mass is 284 g/mol. The van der Waals surface area contributed by atoms with Crippen LogP contribution in [0.1, 0.15) is 57.3 Å². The molecule has 2 heterocycles. The fourth-order valence-corrected chi connectivity index (χ4v) is 3.96. The Kier molecular flexibility index (Phi) is 3.42. The van der Waals surface area contributed by atoms with Gasteiger partial charge in [-0.3, -0.25) is 4.40 Å². The lowest BCUT2D eigenvalue weighted by Crippen LogP contribution is -2.37. The lowest BCUT2D eigenvalue weighted by atomic mass is 9.82. The highest BCUT2D eigenvalue weighted by molar-refractivity contribution is 5.37. The Balaban J connectivity index is 1.46. The van der Waals surface area contributed by atoms with Gasteiger partial charge >= 0.3 is 0 Å². The first-order valence-corrected chi connectivity index (χ1v) is 8.37. The molecule has 3 unspecified atom stereocenters. The summed E-state index contributed by atoms with van der Waals surface area (Å²) in [5, 5.41) is 12.4. The van der Waals surface area contributed by atoms with Gasteiger partial charge in [-0.1, -0.05) is 18.9 Å². The van der Waals surface area contributed by atoms with E-state index in [1.54, 1.807) is 0 Å². The minimum Gasteiger partial charge on any atom is -0.305 e. The quantitative estimate of drug-likeness (QED) is 0.936. The van der Waals surface area contributed by atoms with Crippen molar-refractivity contribution in [3.63, 3.8) is 0 Å². The van der Waals surface area contributed by atoms with Crippen LogP contribution in [0.5, 0.6) is 0 Å². The predicted molar refractivity (Wildman–Crippen MR) is 83.0 cm³/mol. The highest BCUT2D eigenvalue weighted by Crippen LogP contribution is 2.44. The molecule has 0 amide bonds. The van der Waals surface area contributed by atoms with Gasteiger partial charge in [-0.15, -0.1) is 10.2 Å². The number of fused-ring (bicyclic) bond motifs is 1. The zero-order valence-electron chi connectivity index (χ0n) is 12.7. The van der Waals surface area contributed by atoms with Gasteiger partial charge in [0.15, 0.2) is 11.5 Å². The average Bonchev–Trinajstić information content (AvgIpc) is 3.27. The highest BCUT2D eigenvalue weighted by Gasteiger charge is 2.35. The average molecular weight is 284 g/mol. The van der Waals surface area contributed by atoms with E-state index in [0.717, 1.165) is 23.3 Å². The Bertz CT molecular complexity index is 616. The molecule has 4 nitrogen and oxygen atoms in total. The van der Waals surface area contributed by atoms with E-state index in [-0.39, 0.29) is 6.04 Å². The number of nitrogens with zero attached hydrogens (tertiary/aromatic N) is 3. The predicted octanol–water partition coefficient (Wildman–Crippen LogP) is 3.35. The molecule has 4 rings (SSSR count). The van der Waals surface area contributed by atoms with Crippen molar-refractivity contribution < 1.29 is 0 Å². The third kappa shape index (κ3) is 2.69. The molecule has 2 aromatic rings. The summed E-state index contributed by atoms with van der Waals surface area (Å²) in [6.07, 6.45) is 10.5. The molecule has 3 atom stereocenters. The van der Waals surface area contributed by atoms with Crippen molar-refractivity contribution in [1.82, 2.24) is 19.9 Å². The second-order valence-corrected chi connectivity index (χ2v) is 6.84. The summed E-state index contributed by atoms with van der Waals surface area (Å²) >= 11 is 0. The molecule has 2 aliphatic carbocycles. The Morgan fingerprint density at radius 1 is 1.14 bits per heavy atom. The van der Waals surface area contributed by atoms with Crippen molar-refractivity contribution in [3.05, 3.63) is 30.2 Å². The van der Waals surface area contributed by atoms with Gasteiger partial charge in [0.2, 0.25) is 0 Å². The molecule has 0 aliphatic heterocycles. The number of rotatable bonds is 4. The lowest BCUT2D eigenvalue weighted by Gasteiger charge is -2.31. The first-order valence-electron chi connectivity index (χ1n) is 8.37. The van der Waals surface area contributed by atoms with Gasteiger partial charge in [-0.2, -0.15) is 0 Å². The van der Waals surface area contributed by atoms with Gasteiger partial charge in [0.05, 0.1) is 6.04 Å². The number of hydrogen-bond donors (Lipinski definition) is 1. The minimum atomic E-state index is 0.255. The first kappa shape index (κ1) is 13.3. The van der Waals surface area contributed by atoms with Crippen LogP contribution in [0.2, 0.25) is 0 Å². The van der Waals surface area contributed by atoms with Crippen molar-refractivity contribution in [2.75, 3.05) is 0 Å². The highest BCUT2D eigenvalue weighted by atomic mass is 15.3. The van der Waals surface area contributed by atoms with Gasteiger partial charge in [0, 0.05) is 12.2 Å². The zero-order chi connectivity index (χ0) is 14.2. The smallest absolute Gasteiger partial charge is 0.160 e. The molecule has 0 bridgehead atoms. The molecule has 4 heteroatoms. The second kappa shape index (κ2) is 5.41. The molecule has 1 N–H and O–H groups in total. The molecule has 0 aromatic carbocycles. The molecule has 0 saturated heterocycles. The van der Waals surface area contributed by atoms with E-state index in [4.69, 9.17) is 0 Å². The van der Waals surface area contributed by atoms with Crippen molar-refractivity contribution in [2.24, 2.45) is 11.8 Å². The van der Waals surface area contributed by atoms with Crippen LogP contribution in [0.15, 0.2) is 24.4 Å². The SMILES string of the molecule is CC(NC1CCCC(C2CC2)C1)c1nnc2ccccn12. The number of aromatic nitrogens is 3. The summed E-state index contributed by atoms with van der Waals surface area (Å²) in [5.74, 6) is 3.04. The van der Waals surface area contributed by atoms with Gasteiger partial charge in [0.1, 0.15) is 0 Å². The Morgan fingerprint density at radius 2 is 2.05 bits per heavy atom. The summed E-state index contributed by atoms with van der Waals surface area (Å²) in [6, 6.07) is 6.96. The van der Waals surface area contributed by atoms with Crippen molar-refractivity contribution in [3.8, 4) is 0 Å². The third-order valence-electron chi connectivity index (χ3n) is 5.22. The Hall–Kier alpha value is -1.42. The van der Waals surface area contributed by atoms with E-state index in [0.29, 0.717) is 6.04 Å². The molecular weight excluding hydrogens is 260 g/mol. The van der Waals surface area contributed by atoms with Crippen LogP contribution < -0.4 is 5.32 Å². The van der Waals surface area contributed by atoms with Crippen LogP contribution in [-0.2, 0) is 0 Å². The summed E-state index contributed by atoms with van der Waals surface area (Å²) in [5.41, 5.74) is 0.931. The van der Waals surface area contributed by atoms with Crippen molar-refractivity contribution in [2.45, 2.75) is 57.5 Å². The molecule has 0 radical (unpaired) electrons. The maximum Gasteiger partial charge on any atom is 0.160 e. The van der Waals surface area contributed by atoms with Gasteiger partial charge in [0.25, 0.3) is 0 Å². The first-order chi connectivity index (χ1) is 10.3. The van der Waals surface area contributed by atoms with Crippen LogP contribution in [-0.4, -0.2) is 20.6 Å². The second-order valence-electron chi connectivity index (χ2n) is 6.84. The molecule has 2 fully saturated rings. The largest absolute Gasteiger partial charge is 0.305 e. The number of nitrogens with one attached hydrogen (secondary N) is 1. The topological polar surface area (TPSA) is 42.2 Å². The van der Waals surface area contributed by atoms with Gasteiger partial charge in [-0.25, -0.2) is 0 Å². The van der Waals surface area contributed by atoms with E-state index >= 15 is 0 Å². The molecule has 0 spiro atoms. The summed E-state index contributed by atoms with van der Waals surface area (Å²) < 4.78 is 2.10. The standard InChI is InChI=1S/C17H24N4/c1-12(17-20-19-16-7-2-3-10-21(16)17)18-15-6-4-5-14(11-15)13-8-9-13/h2-3,7,10,12-15,18H,4-6,8-9,11H2,1H3. The molecule has 2 aromatic heterocycles. The van der Waals surface area contributed by atoms with E-state index < -0.39 is 0 Å². The third-order valence-corrected chi connectivity index (χ3v) is 5.22. The van der Waals surface area contributed by atoms with E-state index in [9.17, 15) is 0 Å². The lowest BCUT2D eigenvalue weighted by molar-refractivity contribution is 0.247. The summed E-state index contributed by atoms with van der Waals surface area (Å²) in [7, 11) is 0. The van der Waals surface area contributed by atoms with Crippen LogP contribution >= 0.6 is 0 Å². The van der Waals surface area contributed by atoms with Crippen LogP contribution in [0.4, 0.5) is 0 Å². The molecular formula is C17H24N4. The van der Waals surface area contributed by atoms with Crippen LogP contribution in [0.3, 0.4) is 0 Å². The fraction of sp³-hybridized carbons (Fsp3) is 0.647. The van der Waals surface area contributed by atoms with E-state index in [2.05, 4.69) is 33.0 Å². The fourth-order valence-electron chi connectivity index (χ4n) is 3.96. The van der Waals surface area contributed by atoms with Crippen LogP contribution in [0.25, 0.3) is 5.65 Å².